The summed E-state index contributed by atoms with van der Waals surface area (Å²) in [6, 6.07) is 0. The van der Waals surface area contributed by atoms with E-state index >= 15 is 0 Å². The van der Waals surface area contributed by atoms with Gasteiger partial charge in [-0.2, -0.15) is 0 Å². The van der Waals surface area contributed by atoms with E-state index in [4.69, 9.17) is 14.2 Å². The van der Waals surface area contributed by atoms with Gasteiger partial charge < -0.3 is 14.6 Å². The van der Waals surface area contributed by atoms with Crippen molar-refractivity contribution in [3.8, 4) is 0 Å². The maximum absolute atomic E-state index is 12.2. The molecule has 0 aromatic rings. The molecule has 4 nitrogen and oxygen atoms in total. The monoisotopic (exact) mass is 510 g/mol. The molecule has 0 saturated carbocycles. The van der Waals surface area contributed by atoms with E-state index in [1.807, 2.05) is 0 Å². The van der Waals surface area contributed by atoms with E-state index in [0.717, 1.165) is 12.8 Å². The molecule has 2 aliphatic rings. The van der Waals surface area contributed by atoms with Crippen LogP contribution < -0.4 is 0 Å². The van der Waals surface area contributed by atoms with Crippen molar-refractivity contribution in [3.63, 3.8) is 0 Å². The number of rotatable bonds is 11. The largest absolute Gasteiger partial charge is 0.349 e. The van der Waals surface area contributed by atoms with Crippen molar-refractivity contribution in [1.82, 2.24) is 0 Å². The van der Waals surface area contributed by atoms with Gasteiger partial charge in [0.2, 0.25) is 0 Å². The Morgan fingerprint density at radius 2 is 1.03 bits per heavy atom. The van der Waals surface area contributed by atoms with Crippen molar-refractivity contribution in [2.75, 3.05) is 0 Å². The van der Waals surface area contributed by atoms with Gasteiger partial charge in [-0.3, -0.25) is 4.74 Å². The van der Waals surface area contributed by atoms with Crippen LogP contribution in [-0.4, -0.2) is 29.6 Å². The van der Waals surface area contributed by atoms with E-state index in [1.165, 1.54) is 0 Å². The van der Waals surface area contributed by atoms with Gasteiger partial charge in [-0.25, -0.2) is 0 Å². The topological polar surface area (TPSA) is 47.9 Å². The summed E-state index contributed by atoms with van der Waals surface area (Å²) in [7, 11) is 0. The first-order valence-electron chi connectivity index (χ1n) is 15.2. The molecule has 2 rings (SSSR count). The zero-order chi connectivity index (χ0) is 27.7. The van der Waals surface area contributed by atoms with Crippen molar-refractivity contribution in [2.24, 2.45) is 71.0 Å². The summed E-state index contributed by atoms with van der Waals surface area (Å²) in [6.07, 6.45) is 1.56. The molecule has 1 N–H and O–H groups in total. The smallest absolute Gasteiger partial charge is 0.286 e. The summed E-state index contributed by atoms with van der Waals surface area (Å²) in [5.41, 5.74) is 0. The van der Waals surface area contributed by atoms with Gasteiger partial charge in [0.15, 0.2) is 6.29 Å². The lowest BCUT2D eigenvalue weighted by Gasteiger charge is -2.53. The predicted molar refractivity (Wildman–Crippen MR) is 150 cm³/mol. The molecule has 0 aromatic carbocycles. The molecule has 4 heteroatoms. The van der Waals surface area contributed by atoms with Crippen LogP contribution in [0.5, 0.6) is 0 Å². The van der Waals surface area contributed by atoms with Crippen LogP contribution in [0.2, 0.25) is 0 Å². The van der Waals surface area contributed by atoms with Crippen LogP contribution in [0.1, 0.15) is 110 Å². The molecule has 2 saturated heterocycles. The second-order valence-corrected chi connectivity index (χ2v) is 14.8. The molecular weight excluding hydrogens is 448 g/mol. The Hall–Kier alpha value is -0.160. The molecule has 0 aliphatic carbocycles. The summed E-state index contributed by atoms with van der Waals surface area (Å²) in [6.45, 7) is 31.9. The first-order valence-corrected chi connectivity index (χ1v) is 15.2. The molecule has 0 bridgehead atoms. The van der Waals surface area contributed by atoms with Gasteiger partial charge in [0.1, 0.15) is 0 Å². The molecule has 0 amide bonds. The lowest BCUT2D eigenvalue weighted by Crippen LogP contribution is -2.57. The minimum atomic E-state index is -1.63. The highest BCUT2D eigenvalue weighted by Gasteiger charge is 2.60. The van der Waals surface area contributed by atoms with E-state index in [1.54, 1.807) is 0 Å². The van der Waals surface area contributed by atoms with Crippen LogP contribution in [0.4, 0.5) is 0 Å². The molecule has 0 spiro atoms. The molecule has 0 radical (unpaired) electrons. The maximum atomic E-state index is 12.2. The average Bonchev–Trinajstić information content (AvgIpc) is 2.97. The van der Waals surface area contributed by atoms with Crippen LogP contribution >= 0.6 is 0 Å². The fourth-order valence-corrected chi connectivity index (χ4v) is 7.85. The fourth-order valence-electron chi connectivity index (χ4n) is 7.85. The molecule has 0 aromatic heterocycles. The number of aliphatic hydroxyl groups is 1. The van der Waals surface area contributed by atoms with Crippen molar-refractivity contribution >= 4 is 0 Å². The first kappa shape index (κ1) is 32.1. The second-order valence-electron chi connectivity index (χ2n) is 14.8. The number of ether oxygens (including phenoxy) is 3. The predicted octanol–water partition coefficient (Wildman–Crippen LogP) is 8.23. The van der Waals surface area contributed by atoms with Crippen molar-refractivity contribution in [3.05, 3.63) is 0 Å². The van der Waals surface area contributed by atoms with Crippen molar-refractivity contribution in [2.45, 2.75) is 134 Å². The van der Waals surface area contributed by atoms with Crippen molar-refractivity contribution in [1.29, 1.82) is 0 Å². The van der Waals surface area contributed by atoms with Gasteiger partial charge in [0.05, 0.1) is 12.2 Å². The van der Waals surface area contributed by atoms with Crippen LogP contribution in [0.15, 0.2) is 0 Å². The molecule has 36 heavy (non-hydrogen) atoms. The Morgan fingerprint density at radius 3 is 1.42 bits per heavy atom. The molecule has 2 aliphatic heterocycles. The molecule has 9 atom stereocenters. The maximum Gasteiger partial charge on any atom is 0.286 e. The van der Waals surface area contributed by atoms with Crippen molar-refractivity contribution < 1.29 is 19.3 Å². The molecule has 2 heterocycles. The van der Waals surface area contributed by atoms with E-state index in [2.05, 4.69) is 96.9 Å². The van der Waals surface area contributed by atoms with E-state index < -0.39 is 12.3 Å². The number of hydrogen-bond acceptors (Lipinski definition) is 4. The zero-order valence-electron chi connectivity index (χ0n) is 26.2. The summed E-state index contributed by atoms with van der Waals surface area (Å²) in [4.78, 5) is 0. The molecule has 2 fully saturated rings. The van der Waals surface area contributed by atoms with Crippen LogP contribution in [0, 0.1) is 71.0 Å². The molecule has 214 valence electrons. The third-order valence-electron chi connectivity index (χ3n) is 9.02. The Morgan fingerprint density at radius 1 is 0.583 bits per heavy atom. The lowest BCUT2D eigenvalue weighted by molar-refractivity contribution is -0.438. The average molecular weight is 511 g/mol. The minimum absolute atomic E-state index is 0.0146. The summed E-state index contributed by atoms with van der Waals surface area (Å²) < 4.78 is 20.3. The SMILES string of the molecule is CC(C)CC1OC(OC2(O)OC(CC(C)C)C(C(C)C)C2C(C)C)C(C(C)C)C(C(C)C)C1C(C)C. The van der Waals surface area contributed by atoms with E-state index in [9.17, 15) is 5.11 Å². The van der Waals surface area contributed by atoms with Gasteiger partial charge in [0.25, 0.3) is 5.97 Å². The Kier molecular flexibility index (Phi) is 11.4. The summed E-state index contributed by atoms with van der Waals surface area (Å²) >= 11 is 0. The summed E-state index contributed by atoms with van der Waals surface area (Å²) in [5.74, 6) is 2.71. The highest BCUT2D eigenvalue weighted by atomic mass is 16.9. The highest BCUT2D eigenvalue weighted by Crippen LogP contribution is 2.53. The van der Waals surface area contributed by atoms with Gasteiger partial charge in [-0.1, -0.05) is 96.9 Å². The lowest BCUT2D eigenvalue weighted by atomic mass is 9.62. The third kappa shape index (κ3) is 7.07. The van der Waals surface area contributed by atoms with Gasteiger partial charge in [-0.15, -0.1) is 0 Å². The van der Waals surface area contributed by atoms with Crippen LogP contribution in [0.3, 0.4) is 0 Å². The number of hydrogen-bond donors (Lipinski definition) is 1. The standard InChI is InChI=1S/C32H62O4/c1-17(2)15-24-26(19(5)6)28(21(9)10)29(22(11)12)31(34-24)36-32(33)30(23(13)14)27(20(7)8)25(35-32)16-18(3)4/h17-31,33H,15-16H2,1-14H3. The Bertz CT molecular complexity index is 655. The van der Waals surface area contributed by atoms with Crippen LogP contribution in [-0.2, 0) is 14.2 Å². The minimum Gasteiger partial charge on any atom is -0.349 e. The van der Waals surface area contributed by atoms with E-state index in [0.29, 0.717) is 47.3 Å². The quantitative estimate of drug-likeness (QED) is 0.284. The van der Waals surface area contributed by atoms with Crippen LogP contribution in [0.25, 0.3) is 0 Å². The third-order valence-corrected chi connectivity index (χ3v) is 9.02. The normalized spacial score (nSPS) is 38.2. The summed E-state index contributed by atoms with van der Waals surface area (Å²) in [5, 5.41) is 12.2. The van der Waals surface area contributed by atoms with Gasteiger partial charge in [0, 0.05) is 11.8 Å². The van der Waals surface area contributed by atoms with Gasteiger partial charge in [-0.05, 0) is 72.0 Å². The zero-order valence-corrected chi connectivity index (χ0v) is 26.2. The molecular formula is C32H62O4. The Balaban J connectivity index is 2.53. The molecule has 9 unspecified atom stereocenters. The highest BCUT2D eigenvalue weighted by molar-refractivity contribution is 4.97. The second kappa shape index (κ2) is 12.8. The Labute approximate surface area is 224 Å². The van der Waals surface area contributed by atoms with E-state index in [-0.39, 0.29) is 35.9 Å². The fraction of sp³-hybridized carbons (Fsp3) is 1.00. The first-order chi connectivity index (χ1) is 16.5. The van der Waals surface area contributed by atoms with Gasteiger partial charge >= 0.3 is 0 Å².